The van der Waals surface area contributed by atoms with Gasteiger partial charge in [-0.05, 0) is 45.5 Å². The van der Waals surface area contributed by atoms with Gasteiger partial charge in [0.2, 0.25) is 0 Å². The van der Waals surface area contributed by atoms with Gasteiger partial charge in [-0.25, -0.2) is 0 Å². The Bertz CT molecular complexity index is 1400. The van der Waals surface area contributed by atoms with Gasteiger partial charge in [-0.2, -0.15) is 0 Å². The second kappa shape index (κ2) is 15.1. The molecule has 4 nitrogen and oxygen atoms in total. The first-order chi connectivity index (χ1) is 21.4. The van der Waals surface area contributed by atoms with E-state index in [9.17, 15) is 0 Å². The summed E-state index contributed by atoms with van der Waals surface area (Å²) in [6.07, 6.45) is 2.48. The first-order valence-electron chi connectivity index (χ1n) is 15.7. The molecule has 0 radical (unpaired) electrons. The topological polar surface area (TPSA) is 36.9 Å². The molecule has 44 heavy (non-hydrogen) atoms. The Labute approximate surface area is 264 Å². The zero-order valence-corrected chi connectivity index (χ0v) is 27.5. The van der Waals surface area contributed by atoms with Crippen molar-refractivity contribution >= 4 is 18.7 Å². The van der Waals surface area contributed by atoms with Crippen LogP contribution >= 0.6 is 0 Å². The second-order valence-corrected chi connectivity index (χ2v) is 16.9. The molecule has 1 aliphatic heterocycles. The second-order valence-electron chi connectivity index (χ2n) is 12.6. The fourth-order valence-corrected chi connectivity index (χ4v) is 10.7. The fourth-order valence-electron chi connectivity index (χ4n) is 6.12. The quantitative estimate of drug-likeness (QED) is 0.0899. The maximum Gasteiger partial charge on any atom is 0.261 e. The summed E-state index contributed by atoms with van der Waals surface area (Å²) >= 11 is 0. The van der Waals surface area contributed by atoms with Crippen LogP contribution in [0.4, 0.5) is 0 Å². The predicted molar refractivity (Wildman–Crippen MR) is 182 cm³/mol. The van der Waals surface area contributed by atoms with E-state index in [0.29, 0.717) is 26.4 Å². The molecular weight excluding hydrogens is 561 g/mol. The molecule has 0 N–H and O–H groups in total. The van der Waals surface area contributed by atoms with Crippen LogP contribution in [0.3, 0.4) is 0 Å². The van der Waals surface area contributed by atoms with Crippen molar-refractivity contribution in [3.63, 3.8) is 0 Å². The molecular formula is C39H46O4Si. The Balaban J connectivity index is 1.36. The molecule has 0 fully saturated rings. The van der Waals surface area contributed by atoms with Crippen molar-refractivity contribution in [3.8, 4) is 0 Å². The first kappa shape index (κ1) is 32.1. The summed E-state index contributed by atoms with van der Waals surface area (Å²) in [4.78, 5) is 0. The summed E-state index contributed by atoms with van der Waals surface area (Å²) in [7, 11) is -2.69. The molecule has 0 saturated carbocycles. The highest BCUT2D eigenvalue weighted by atomic mass is 28.4. The van der Waals surface area contributed by atoms with Gasteiger partial charge < -0.3 is 18.6 Å². The minimum absolute atomic E-state index is 0.103. The van der Waals surface area contributed by atoms with Crippen molar-refractivity contribution in [3.05, 3.63) is 144 Å². The molecule has 1 heterocycles. The Morgan fingerprint density at radius 1 is 0.682 bits per heavy atom. The van der Waals surface area contributed by atoms with Gasteiger partial charge >= 0.3 is 0 Å². The van der Waals surface area contributed by atoms with Crippen LogP contribution in [0, 0.1) is 0 Å². The van der Waals surface area contributed by atoms with Crippen molar-refractivity contribution in [2.45, 2.75) is 70.7 Å². The van der Waals surface area contributed by atoms with Crippen LogP contribution in [-0.4, -0.2) is 39.8 Å². The lowest BCUT2D eigenvalue weighted by Gasteiger charge is -2.44. The van der Waals surface area contributed by atoms with Crippen molar-refractivity contribution in [1.82, 2.24) is 0 Å². The van der Waals surface area contributed by atoms with E-state index in [4.69, 9.17) is 18.6 Å². The first-order valence-corrected chi connectivity index (χ1v) is 17.6. The minimum atomic E-state index is -2.69. The van der Waals surface area contributed by atoms with Crippen LogP contribution in [0.2, 0.25) is 5.04 Å². The molecule has 0 saturated heterocycles. The van der Waals surface area contributed by atoms with Gasteiger partial charge in [-0.3, -0.25) is 0 Å². The van der Waals surface area contributed by atoms with E-state index in [1.807, 2.05) is 36.4 Å². The molecule has 5 heteroatoms. The van der Waals surface area contributed by atoms with Crippen LogP contribution in [0.1, 0.15) is 45.2 Å². The van der Waals surface area contributed by atoms with Gasteiger partial charge in [0.15, 0.2) is 0 Å². The van der Waals surface area contributed by atoms with Gasteiger partial charge in [0, 0.05) is 6.61 Å². The molecule has 3 atom stereocenters. The van der Waals surface area contributed by atoms with Crippen molar-refractivity contribution in [2.75, 3.05) is 13.2 Å². The van der Waals surface area contributed by atoms with Crippen LogP contribution in [-0.2, 0) is 31.9 Å². The lowest BCUT2D eigenvalue weighted by Crippen LogP contribution is -2.67. The third-order valence-corrected chi connectivity index (χ3v) is 13.5. The third-order valence-electron chi connectivity index (χ3n) is 8.45. The molecule has 0 aliphatic carbocycles. The average molecular weight is 607 g/mol. The summed E-state index contributed by atoms with van der Waals surface area (Å²) in [5, 5.41) is 2.44. The Hall–Kier alpha value is -3.32. The molecule has 4 aromatic carbocycles. The van der Waals surface area contributed by atoms with Crippen molar-refractivity contribution in [1.29, 1.82) is 0 Å². The molecule has 0 unspecified atom stereocenters. The van der Waals surface area contributed by atoms with Crippen LogP contribution < -0.4 is 10.4 Å². The summed E-state index contributed by atoms with van der Waals surface area (Å²) in [5.41, 5.74) is 3.46. The highest BCUT2D eigenvalue weighted by Gasteiger charge is 2.50. The summed E-state index contributed by atoms with van der Waals surface area (Å²) in [6, 6.07) is 42.2. The fraction of sp³-hybridized carbons (Fsp3) is 0.333. The van der Waals surface area contributed by atoms with Gasteiger partial charge in [0.1, 0.15) is 12.2 Å². The molecule has 0 amide bonds. The molecule has 0 bridgehead atoms. The lowest BCUT2D eigenvalue weighted by molar-refractivity contribution is -0.110. The van der Waals surface area contributed by atoms with E-state index in [1.165, 1.54) is 15.9 Å². The van der Waals surface area contributed by atoms with Crippen LogP contribution in [0.5, 0.6) is 0 Å². The van der Waals surface area contributed by atoms with Gasteiger partial charge in [-0.1, -0.05) is 148 Å². The van der Waals surface area contributed by atoms with Gasteiger partial charge in [0.05, 0.1) is 25.9 Å². The summed E-state index contributed by atoms with van der Waals surface area (Å²) in [5.74, 6) is 0. The number of ether oxygens (including phenoxy) is 3. The molecule has 230 valence electrons. The predicted octanol–water partition coefficient (Wildman–Crippen LogP) is 7.47. The summed E-state index contributed by atoms with van der Waals surface area (Å²) in [6.45, 7) is 11.2. The highest BCUT2D eigenvalue weighted by Crippen LogP contribution is 2.37. The number of hydrogen-bond acceptors (Lipinski definition) is 4. The number of rotatable bonds is 13. The minimum Gasteiger partial charge on any atom is -0.404 e. The zero-order valence-electron chi connectivity index (χ0n) is 26.5. The molecule has 4 aromatic rings. The van der Waals surface area contributed by atoms with E-state index in [0.717, 1.165) is 17.6 Å². The monoisotopic (exact) mass is 606 g/mol. The van der Waals surface area contributed by atoms with Gasteiger partial charge in [-0.15, -0.1) is 0 Å². The van der Waals surface area contributed by atoms with E-state index in [1.54, 1.807) is 0 Å². The summed E-state index contributed by atoms with van der Waals surface area (Å²) < 4.78 is 26.7. The van der Waals surface area contributed by atoms with E-state index in [2.05, 4.69) is 119 Å². The number of benzene rings is 4. The van der Waals surface area contributed by atoms with Gasteiger partial charge in [0.25, 0.3) is 8.32 Å². The Morgan fingerprint density at radius 3 is 1.70 bits per heavy atom. The van der Waals surface area contributed by atoms with Crippen LogP contribution in [0.25, 0.3) is 0 Å². The van der Waals surface area contributed by atoms with Crippen LogP contribution in [0.15, 0.2) is 133 Å². The maximum absolute atomic E-state index is 7.27. The highest BCUT2D eigenvalue weighted by molar-refractivity contribution is 6.99. The number of hydrogen-bond donors (Lipinski definition) is 0. The smallest absolute Gasteiger partial charge is 0.261 e. The van der Waals surface area contributed by atoms with Crippen molar-refractivity contribution in [2.24, 2.45) is 0 Å². The van der Waals surface area contributed by atoms with E-state index < -0.39 is 8.32 Å². The Morgan fingerprint density at radius 2 is 1.18 bits per heavy atom. The molecule has 5 rings (SSSR count). The Kier molecular flexibility index (Phi) is 11.0. The lowest BCUT2D eigenvalue weighted by atomic mass is 10.00. The molecule has 1 aliphatic rings. The van der Waals surface area contributed by atoms with E-state index in [-0.39, 0.29) is 23.4 Å². The largest absolute Gasteiger partial charge is 0.404 e. The van der Waals surface area contributed by atoms with Crippen molar-refractivity contribution < 1.29 is 18.6 Å². The SMILES string of the molecule is CC1=C[C@@H](OCc2ccccc2)[C@H](CCOCc2ccccc2)O[C@@H]1CO[Si](c1ccccc1)(c1ccccc1)C(C)(C)C. The molecule has 0 spiro atoms. The van der Waals surface area contributed by atoms with E-state index >= 15 is 0 Å². The maximum atomic E-state index is 7.27. The standard InChI is InChI=1S/C39H46O4Si/c1-31-27-37(41-29-33-19-11-6-12-20-33)36(25-26-40-28-32-17-9-5-10-18-32)43-38(31)30-42-44(39(2,3)4,34-21-13-7-14-22-34)35-23-15-8-16-24-35/h5-24,27,36-38H,25-26,28-30H2,1-4H3/t36-,37+,38+/m0/s1. The third kappa shape index (κ3) is 7.84. The molecule has 0 aromatic heterocycles. The average Bonchev–Trinajstić information content (AvgIpc) is 3.05. The normalized spacial score (nSPS) is 19.0. The zero-order chi connectivity index (χ0) is 30.8.